The molecule has 0 bridgehead atoms. The molecule has 90 valence electrons. The molecule has 1 unspecified atom stereocenters. The maximum Gasteiger partial charge on any atom is -0.00922 e. The van der Waals surface area contributed by atoms with Gasteiger partial charge in [-0.1, -0.05) is 45.9 Å². The number of aryl methyl sites for hydroxylation is 1. The second kappa shape index (κ2) is 5.27. The van der Waals surface area contributed by atoms with Crippen LogP contribution in [0.25, 0.3) is 0 Å². The SMILES string of the molecule is Cc1ccc(C(C)(C)C)cc1C(C)CCS. The Balaban J connectivity index is 3.09. The van der Waals surface area contributed by atoms with Gasteiger partial charge in [0.15, 0.2) is 0 Å². The normalized spacial score (nSPS) is 13.9. The first kappa shape index (κ1) is 13.6. The maximum absolute atomic E-state index is 4.33. The molecule has 0 nitrogen and oxygen atoms in total. The fourth-order valence-corrected chi connectivity index (χ4v) is 2.37. The van der Waals surface area contributed by atoms with Gasteiger partial charge in [-0.3, -0.25) is 0 Å². The Morgan fingerprint density at radius 2 is 1.88 bits per heavy atom. The Bertz CT molecular complexity index is 347. The van der Waals surface area contributed by atoms with Crippen molar-refractivity contribution in [2.45, 2.75) is 52.4 Å². The average molecular weight is 236 g/mol. The van der Waals surface area contributed by atoms with Crippen molar-refractivity contribution in [1.29, 1.82) is 0 Å². The van der Waals surface area contributed by atoms with Crippen LogP contribution in [0.3, 0.4) is 0 Å². The second-order valence-electron chi connectivity index (χ2n) is 5.73. The number of thiol groups is 1. The van der Waals surface area contributed by atoms with Crippen LogP contribution in [0.1, 0.15) is 56.7 Å². The van der Waals surface area contributed by atoms with E-state index in [-0.39, 0.29) is 5.41 Å². The van der Waals surface area contributed by atoms with Crippen molar-refractivity contribution in [2.24, 2.45) is 0 Å². The minimum atomic E-state index is 0.239. The van der Waals surface area contributed by atoms with Crippen LogP contribution < -0.4 is 0 Å². The molecule has 0 fully saturated rings. The molecule has 1 aromatic rings. The van der Waals surface area contributed by atoms with Gasteiger partial charge < -0.3 is 0 Å². The van der Waals surface area contributed by atoms with Gasteiger partial charge in [0.05, 0.1) is 0 Å². The molecule has 0 amide bonds. The molecule has 0 saturated carbocycles. The molecule has 1 atom stereocenters. The highest BCUT2D eigenvalue weighted by Gasteiger charge is 2.16. The van der Waals surface area contributed by atoms with Gasteiger partial charge >= 0.3 is 0 Å². The predicted molar refractivity (Wildman–Crippen MR) is 76.8 cm³/mol. The van der Waals surface area contributed by atoms with E-state index in [9.17, 15) is 0 Å². The van der Waals surface area contributed by atoms with Crippen LogP contribution in [0.15, 0.2) is 18.2 Å². The van der Waals surface area contributed by atoms with Crippen molar-refractivity contribution in [3.63, 3.8) is 0 Å². The summed E-state index contributed by atoms with van der Waals surface area (Å²) in [4.78, 5) is 0. The molecule has 1 aromatic carbocycles. The van der Waals surface area contributed by atoms with Crippen molar-refractivity contribution in [1.82, 2.24) is 0 Å². The molecule has 0 aromatic heterocycles. The molecule has 0 heterocycles. The van der Waals surface area contributed by atoms with Crippen molar-refractivity contribution in [3.05, 3.63) is 34.9 Å². The van der Waals surface area contributed by atoms with Crippen LogP contribution in [0, 0.1) is 6.92 Å². The molecule has 0 saturated heterocycles. The quantitative estimate of drug-likeness (QED) is 0.722. The van der Waals surface area contributed by atoms with E-state index in [4.69, 9.17) is 0 Å². The average Bonchev–Trinajstić information content (AvgIpc) is 2.16. The van der Waals surface area contributed by atoms with Gasteiger partial charge in [-0.05, 0) is 47.1 Å². The number of benzene rings is 1. The van der Waals surface area contributed by atoms with Crippen LogP contribution >= 0.6 is 12.6 Å². The highest BCUT2D eigenvalue weighted by molar-refractivity contribution is 7.80. The van der Waals surface area contributed by atoms with Crippen LogP contribution in [-0.4, -0.2) is 5.75 Å². The molecular formula is C15H24S. The van der Waals surface area contributed by atoms with Crippen molar-refractivity contribution >= 4 is 12.6 Å². The third kappa shape index (κ3) is 3.28. The van der Waals surface area contributed by atoms with E-state index in [1.54, 1.807) is 0 Å². The summed E-state index contributed by atoms with van der Waals surface area (Å²) in [7, 11) is 0. The summed E-state index contributed by atoms with van der Waals surface area (Å²) >= 11 is 4.33. The van der Waals surface area contributed by atoms with E-state index < -0.39 is 0 Å². The molecule has 0 radical (unpaired) electrons. The van der Waals surface area contributed by atoms with E-state index in [0.717, 1.165) is 12.2 Å². The second-order valence-corrected chi connectivity index (χ2v) is 6.18. The Hall–Kier alpha value is -0.430. The molecule has 0 N–H and O–H groups in total. The first-order valence-corrected chi connectivity index (χ1v) is 6.71. The predicted octanol–water partition coefficient (Wildman–Crippen LogP) is 4.72. The molecule has 1 heteroatoms. The Labute approximate surface area is 106 Å². The lowest BCUT2D eigenvalue weighted by Crippen LogP contribution is -2.12. The van der Waals surface area contributed by atoms with Gasteiger partial charge in [-0.25, -0.2) is 0 Å². The molecule has 0 aliphatic carbocycles. The third-order valence-corrected chi connectivity index (χ3v) is 3.50. The Kier molecular flexibility index (Phi) is 4.49. The van der Waals surface area contributed by atoms with Crippen molar-refractivity contribution < 1.29 is 0 Å². The smallest absolute Gasteiger partial charge is 0.00922 e. The molecule has 0 spiro atoms. The lowest BCUT2D eigenvalue weighted by molar-refractivity contribution is 0.587. The Morgan fingerprint density at radius 3 is 2.38 bits per heavy atom. The number of hydrogen-bond donors (Lipinski definition) is 1. The minimum Gasteiger partial charge on any atom is -0.179 e. The van der Waals surface area contributed by atoms with E-state index in [2.05, 4.69) is 65.4 Å². The van der Waals surface area contributed by atoms with Gasteiger partial charge in [-0.2, -0.15) is 12.6 Å². The molecule has 0 aliphatic rings. The summed E-state index contributed by atoms with van der Waals surface area (Å²) in [5.74, 6) is 1.57. The maximum atomic E-state index is 4.33. The standard InChI is InChI=1S/C15H24S/c1-11-6-7-13(15(3,4)5)10-14(11)12(2)8-9-16/h6-7,10,12,16H,8-9H2,1-5H3. The lowest BCUT2D eigenvalue weighted by atomic mass is 9.83. The van der Waals surface area contributed by atoms with Crippen LogP contribution in [0.2, 0.25) is 0 Å². The summed E-state index contributed by atoms with van der Waals surface area (Å²) in [6, 6.07) is 6.89. The summed E-state index contributed by atoms with van der Waals surface area (Å²) in [6.45, 7) is 11.3. The molecular weight excluding hydrogens is 212 g/mol. The van der Waals surface area contributed by atoms with Crippen molar-refractivity contribution in [3.8, 4) is 0 Å². The van der Waals surface area contributed by atoms with Crippen LogP contribution in [0.5, 0.6) is 0 Å². The monoisotopic (exact) mass is 236 g/mol. The largest absolute Gasteiger partial charge is 0.179 e. The van der Waals surface area contributed by atoms with Crippen molar-refractivity contribution in [2.75, 3.05) is 5.75 Å². The zero-order chi connectivity index (χ0) is 12.3. The molecule has 0 aliphatic heterocycles. The summed E-state index contributed by atoms with van der Waals surface area (Å²) in [6.07, 6.45) is 1.15. The van der Waals surface area contributed by atoms with E-state index >= 15 is 0 Å². The van der Waals surface area contributed by atoms with Crippen LogP contribution in [0.4, 0.5) is 0 Å². The highest BCUT2D eigenvalue weighted by Crippen LogP contribution is 2.29. The topological polar surface area (TPSA) is 0 Å². The lowest BCUT2D eigenvalue weighted by Gasteiger charge is -2.22. The van der Waals surface area contributed by atoms with E-state index in [1.807, 2.05) is 0 Å². The Morgan fingerprint density at radius 1 is 1.25 bits per heavy atom. The zero-order valence-corrected chi connectivity index (χ0v) is 12.1. The summed E-state index contributed by atoms with van der Waals surface area (Å²) in [5.41, 5.74) is 4.56. The van der Waals surface area contributed by atoms with Crippen LogP contribution in [-0.2, 0) is 5.41 Å². The fourth-order valence-electron chi connectivity index (χ4n) is 1.99. The first-order chi connectivity index (χ1) is 7.36. The first-order valence-electron chi connectivity index (χ1n) is 6.08. The van der Waals surface area contributed by atoms with Gasteiger partial charge in [0.25, 0.3) is 0 Å². The van der Waals surface area contributed by atoms with Gasteiger partial charge in [0.2, 0.25) is 0 Å². The third-order valence-electron chi connectivity index (χ3n) is 3.24. The van der Waals surface area contributed by atoms with Gasteiger partial charge in [0.1, 0.15) is 0 Å². The number of hydrogen-bond acceptors (Lipinski definition) is 1. The fraction of sp³-hybridized carbons (Fsp3) is 0.600. The summed E-state index contributed by atoms with van der Waals surface area (Å²) < 4.78 is 0. The summed E-state index contributed by atoms with van der Waals surface area (Å²) in [5, 5.41) is 0. The van der Waals surface area contributed by atoms with E-state index in [0.29, 0.717) is 5.92 Å². The minimum absolute atomic E-state index is 0.239. The highest BCUT2D eigenvalue weighted by atomic mass is 32.1. The number of rotatable bonds is 3. The van der Waals surface area contributed by atoms with Gasteiger partial charge in [0, 0.05) is 0 Å². The molecule has 1 rings (SSSR count). The zero-order valence-electron chi connectivity index (χ0n) is 11.2. The van der Waals surface area contributed by atoms with Gasteiger partial charge in [-0.15, -0.1) is 0 Å². The molecule has 16 heavy (non-hydrogen) atoms. The van der Waals surface area contributed by atoms with E-state index in [1.165, 1.54) is 16.7 Å².